The van der Waals surface area contributed by atoms with Crippen molar-refractivity contribution in [3.63, 3.8) is 0 Å². The van der Waals surface area contributed by atoms with Gasteiger partial charge in [-0.15, -0.1) is 0 Å². The maximum atomic E-state index is 8.88. The molecule has 0 aliphatic carbocycles. The summed E-state index contributed by atoms with van der Waals surface area (Å²) in [5.41, 5.74) is 4.12. The Labute approximate surface area is 116 Å². The molecular formula is C16H23N3. The van der Waals surface area contributed by atoms with Gasteiger partial charge >= 0.3 is 0 Å². The Morgan fingerprint density at radius 1 is 1.21 bits per heavy atom. The Balaban J connectivity index is 1.97. The topological polar surface area (TPSA) is 30.3 Å². The highest BCUT2D eigenvalue weighted by atomic mass is 15.3. The zero-order valence-corrected chi connectivity index (χ0v) is 12.2. The molecule has 3 nitrogen and oxygen atoms in total. The molecule has 0 saturated carbocycles. The number of rotatable bonds is 3. The molecule has 1 saturated heterocycles. The molecular weight excluding hydrogens is 234 g/mol. The third-order valence-electron chi connectivity index (χ3n) is 4.04. The van der Waals surface area contributed by atoms with Gasteiger partial charge in [-0.2, -0.15) is 5.26 Å². The Bertz CT molecular complexity index is 467. The first-order chi connectivity index (χ1) is 9.11. The molecule has 1 unspecified atom stereocenters. The average Bonchev–Trinajstić information content (AvgIpc) is 2.43. The standard InChI is InChI=1S/C16H23N3/c1-13(11-17)12-18-7-9-19(10-8-18)16-6-4-5-14(2)15(16)3/h4-6,13H,7-10,12H2,1-3H3. The van der Waals surface area contributed by atoms with Gasteiger partial charge in [-0.05, 0) is 38.0 Å². The summed E-state index contributed by atoms with van der Waals surface area (Å²) in [7, 11) is 0. The molecule has 1 atom stereocenters. The van der Waals surface area contributed by atoms with E-state index in [1.807, 2.05) is 6.92 Å². The minimum atomic E-state index is 0.132. The van der Waals surface area contributed by atoms with Gasteiger partial charge in [-0.1, -0.05) is 12.1 Å². The second-order valence-corrected chi connectivity index (χ2v) is 5.54. The number of nitriles is 1. The summed E-state index contributed by atoms with van der Waals surface area (Å²) in [5, 5.41) is 8.88. The fourth-order valence-electron chi connectivity index (χ4n) is 2.68. The van der Waals surface area contributed by atoms with Crippen LogP contribution in [0.4, 0.5) is 5.69 Å². The number of hydrogen-bond acceptors (Lipinski definition) is 3. The number of nitrogens with zero attached hydrogens (tertiary/aromatic N) is 3. The molecule has 0 spiro atoms. The van der Waals surface area contributed by atoms with Crippen LogP contribution in [0.15, 0.2) is 18.2 Å². The predicted octanol–water partition coefficient (Wildman–Crippen LogP) is 2.59. The Hall–Kier alpha value is -1.53. The van der Waals surface area contributed by atoms with Gasteiger partial charge < -0.3 is 4.90 Å². The van der Waals surface area contributed by atoms with Crippen LogP contribution in [0.2, 0.25) is 0 Å². The maximum Gasteiger partial charge on any atom is 0.0666 e. The first kappa shape index (κ1) is 13.9. The summed E-state index contributed by atoms with van der Waals surface area (Å²) < 4.78 is 0. The molecule has 1 aromatic carbocycles. The molecule has 0 N–H and O–H groups in total. The van der Waals surface area contributed by atoms with Crippen molar-refractivity contribution >= 4 is 5.69 Å². The van der Waals surface area contributed by atoms with Gasteiger partial charge in [0.15, 0.2) is 0 Å². The smallest absolute Gasteiger partial charge is 0.0666 e. The van der Waals surface area contributed by atoms with Crippen LogP contribution in [0.3, 0.4) is 0 Å². The van der Waals surface area contributed by atoms with Gasteiger partial charge in [0.1, 0.15) is 0 Å². The van der Waals surface area contributed by atoms with Crippen LogP contribution in [0, 0.1) is 31.1 Å². The molecule has 1 aliphatic rings. The molecule has 102 valence electrons. The summed E-state index contributed by atoms with van der Waals surface area (Å²) in [6.45, 7) is 11.5. The second kappa shape index (κ2) is 6.08. The van der Waals surface area contributed by atoms with E-state index >= 15 is 0 Å². The van der Waals surface area contributed by atoms with Crippen molar-refractivity contribution in [3.05, 3.63) is 29.3 Å². The summed E-state index contributed by atoms with van der Waals surface area (Å²) >= 11 is 0. The van der Waals surface area contributed by atoms with Gasteiger partial charge in [0.25, 0.3) is 0 Å². The molecule has 19 heavy (non-hydrogen) atoms. The Morgan fingerprint density at radius 3 is 2.53 bits per heavy atom. The van der Waals surface area contributed by atoms with E-state index in [-0.39, 0.29) is 5.92 Å². The fraction of sp³-hybridized carbons (Fsp3) is 0.562. The van der Waals surface area contributed by atoms with E-state index in [4.69, 9.17) is 5.26 Å². The SMILES string of the molecule is Cc1cccc(N2CCN(CC(C)C#N)CC2)c1C. The minimum absolute atomic E-state index is 0.132. The molecule has 0 bridgehead atoms. The van der Waals surface area contributed by atoms with Gasteiger partial charge in [0.2, 0.25) is 0 Å². The molecule has 1 fully saturated rings. The quantitative estimate of drug-likeness (QED) is 0.833. The van der Waals surface area contributed by atoms with E-state index in [2.05, 4.69) is 47.9 Å². The molecule has 2 rings (SSSR count). The zero-order valence-electron chi connectivity index (χ0n) is 12.2. The van der Waals surface area contributed by atoms with E-state index < -0.39 is 0 Å². The van der Waals surface area contributed by atoms with Crippen LogP contribution in [0.25, 0.3) is 0 Å². The number of aryl methyl sites for hydroxylation is 1. The monoisotopic (exact) mass is 257 g/mol. The highest BCUT2D eigenvalue weighted by Crippen LogP contribution is 2.23. The highest BCUT2D eigenvalue weighted by molar-refractivity contribution is 5.56. The van der Waals surface area contributed by atoms with E-state index in [1.165, 1.54) is 16.8 Å². The van der Waals surface area contributed by atoms with Crippen molar-refractivity contribution < 1.29 is 0 Å². The number of anilines is 1. The van der Waals surface area contributed by atoms with Gasteiger partial charge in [-0.3, -0.25) is 4.90 Å². The van der Waals surface area contributed by atoms with Crippen molar-refractivity contribution in [2.75, 3.05) is 37.6 Å². The summed E-state index contributed by atoms with van der Waals surface area (Å²) in [6.07, 6.45) is 0. The van der Waals surface area contributed by atoms with Crippen LogP contribution >= 0.6 is 0 Å². The lowest BCUT2D eigenvalue weighted by atomic mass is 10.1. The number of benzene rings is 1. The van der Waals surface area contributed by atoms with Gasteiger partial charge in [0, 0.05) is 38.4 Å². The third kappa shape index (κ3) is 3.27. The van der Waals surface area contributed by atoms with Crippen molar-refractivity contribution in [2.24, 2.45) is 5.92 Å². The summed E-state index contributed by atoms with van der Waals surface area (Å²) in [6, 6.07) is 8.85. The lowest BCUT2D eigenvalue weighted by Crippen LogP contribution is -2.47. The van der Waals surface area contributed by atoms with Gasteiger partial charge in [0.05, 0.1) is 12.0 Å². The Kier molecular flexibility index (Phi) is 4.44. The van der Waals surface area contributed by atoms with Gasteiger partial charge in [-0.25, -0.2) is 0 Å². The van der Waals surface area contributed by atoms with E-state index in [0.29, 0.717) is 0 Å². The maximum absolute atomic E-state index is 8.88. The first-order valence-electron chi connectivity index (χ1n) is 7.05. The van der Waals surface area contributed by atoms with E-state index in [9.17, 15) is 0 Å². The lowest BCUT2D eigenvalue weighted by Gasteiger charge is -2.37. The minimum Gasteiger partial charge on any atom is -0.369 e. The normalized spacial score (nSPS) is 18.1. The zero-order chi connectivity index (χ0) is 13.8. The van der Waals surface area contributed by atoms with Crippen molar-refractivity contribution in [2.45, 2.75) is 20.8 Å². The third-order valence-corrected chi connectivity index (χ3v) is 4.04. The van der Waals surface area contributed by atoms with Crippen LogP contribution in [-0.4, -0.2) is 37.6 Å². The van der Waals surface area contributed by atoms with Crippen LogP contribution < -0.4 is 4.90 Å². The highest BCUT2D eigenvalue weighted by Gasteiger charge is 2.19. The second-order valence-electron chi connectivity index (χ2n) is 5.54. The molecule has 0 amide bonds. The molecule has 1 aliphatic heterocycles. The predicted molar refractivity (Wildman–Crippen MR) is 79.3 cm³/mol. The van der Waals surface area contributed by atoms with Crippen molar-refractivity contribution in [3.8, 4) is 6.07 Å². The summed E-state index contributed by atoms with van der Waals surface area (Å²) in [5.74, 6) is 0.132. The Morgan fingerprint density at radius 2 is 1.89 bits per heavy atom. The summed E-state index contributed by atoms with van der Waals surface area (Å²) in [4.78, 5) is 4.87. The van der Waals surface area contributed by atoms with E-state index in [1.54, 1.807) is 0 Å². The van der Waals surface area contributed by atoms with Crippen molar-refractivity contribution in [1.82, 2.24) is 4.90 Å². The van der Waals surface area contributed by atoms with E-state index in [0.717, 1.165) is 32.7 Å². The first-order valence-corrected chi connectivity index (χ1v) is 7.05. The van der Waals surface area contributed by atoms with Crippen LogP contribution in [0.5, 0.6) is 0 Å². The largest absolute Gasteiger partial charge is 0.369 e. The molecule has 3 heteroatoms. The fourth-order valence-corrected chi connectivity index (χ4v) is 2.68. The number of hydrogen-bond donors (Lipinski definition) is 0. The lowest BCUT2D eigenvalue weighted by molar-refractivity contribution is 0.241. The number of piperazine rings is 1. The molecule has 1 heterocycles. The van der Waals surface area contributed by atoms with Crippen LogP contribution in [-0.2, 0) is 0 Å². The van der Waals surface area contributed by atoms with Crippen LogP contribution in [0.1, 0.15) is 18.1 Å². The molecule has 0 aromatic heterocycles. The van der Waals surface area contributed by atoms with Crippen molar-refractivity contribution in [1.29, 1.82) is 5.26 Å². The molecule has 0 radical (unpaired) electrons. The average molecular weight is 257 g/mol. The molecule has 1 aromatic rings.